The van der Waals surface area contributed by atoms with Crippen LogP contribution in [0.3, 0.4) is 0 Å². The molecule has 1 aromatic rings. The van der Waals surface area contributed by atoms with Gasteiger partial charge in [-0.1, -0.05) is 55.2 Å². The fraction of sp³-hybridized carbons (Fsp3) is 0.522. The lowest BCUT2D eigenvalue weighted by Crippen LogP contribution is -2.51. The van der Waals surface area contributed by atoms with Crippen molar-refractivity contribution in [3.05, 3.63) is 47.5 Å². The first-order chi connectivity index (χ1) is 13.6. The first-order valence-electron chi connectivity index (χ1n) is 10.5. The number of hydrogen-bond donors (Lipinski definition) is 0. The SMILES string of the molecule is CC1=CC(=O)[C@@H]2[C@@H]3C(=O)N(C4CCCCC4)C(=O)[C@@H]3[C@H]1N2Cc1ccccc1. The molecule has 1 aliphatic carbocycles. The van der Waals surface area contributed by atoms with Crippen LogP contribution in [0.15, 0.2) is 42.0 Å². The topological polar surface area (TPSA) is 57.7 Å². The molecule has 0 spiro atoms. The van der Waals surface area contributed by atoms with Crippen LogP contribution in [0.25, 0.3) is 0 Å². The maximum absolute atomic E-state index is 13.4. The van der Waals surface area contributed by atoms with E-state index in [-0.39, 0.29) is 29.7 Å². The highest BCUT2D eigenvalue weighted by Gasteiger charge is 2.65. The van der Waals surface area contributed by atoms with E-state index < -0.39 is 17.9 Å². The van der Waals surface area contributed by atoms with Gasteiger partial charge in [-0.05, 0) is 31.4 Å². The van der Waals surface area contributed by atoms with Crippen LogP contribution in [-0.2, 0) is 20.9 Å². The van der Waals surface area contributed by atoms with Crippen molar-refractivity contribution in [3.63, 3.8) is 0 Å². The fourth-order valence-corrected chi connectivity index (χ4v) is 5.96. The average Bonchev–Trinajstić information content (AvgIpc) is 3.11. The van der Waals surface area contributed by atoms with E-state index in [1.54, 1.807) is 11.0 Å². The number of likely N-dealkylation sites (tertiary alicyclic amines) is 1. The number of hydrogen-bond acceptors (Lipinski definition) is 4. The Morgan fingerprint density at radius 1 is 0.893 bits per heavy atom. The van der Waals surface area contributed by atoms with E-state index >= 15 is 0 Å². The zero-order valence-electron chi connectivity index (χ0n) is 16.2. The molecular formula is C23H26N2O3. The summed E-state index contributed by atoms with van der Waals surface area (Å²) in [5.74, 6) is -1.11. The van der Waals surface area contributed by atoms with E-state index in [1.165, 1.54) is 6.42 Å². The fourth-order valence-electron chi connectivity index (χ4n) is 5.96. The second-order valence-corrected chi connectivity index (χ2v) is 8.73. The van der Waals surface area contributed by atoms with Gasteiger partial charge in [-0.25, -0.2) is 0 Å². The van der Waals surface area contributed by atoms with Gasteiger partial charge in [-0.2, -0.15) is 0 Å². The third kappa shape index (κ3) is 2.52. The van der Waals surface area contributed by atoms with Crippen LogP contribution in [0.4, 0.5) is 0 Å². The quantitative estimate of drug-likeness (QED) is 0.759. The molecule has 3 aliphatic heterocycles. The third-order valence-corrected chi connectivity index (χ3v) is 7.10. The Kier molecular flexibility index (Phi) is 4.23. The number of fused-ring (bicyclic) bond motifs is 5. The van der Waals surface area contributed by atoms with E-state index in [4.69, 9.17) is 0 Å². The average molecular weight is 378 g/mol. The largest absolute Gasteiger partial charge is 0.293 e. The van der Waals surface area contributed by atoms with Gasteiger partial charge in [-0.3, -0.25) is 24.2 Å². The molecule has 2 saturated heterocycles. The monoisotopic (exact) mass is 378 g/mol. The van der Waals surface area contributed by atoms with Crippen LogP contribution >= 0.6 is 0 Å². The van der Waals surface area contributed by atoms with Crippen molar-refractivity contribution in [2.75, 3.05) is 0 Å². The van der Waals surface area contributed by atoms with Crippen LogP contribution in [0.5, 0.6) is 0 Å². The van der Waals surface area contributed by atoms with Gasteiger partial charge in [0.05, 0.1) is 17.9 Å². The highest BCUT2D eigenvalue weighted by molar-refractivity contribution is 6.12. The lowest BCUT2D eigenvalue weighted by atomic mass is 9.89. The summed E-state index contributed by atoms with van der Waals surface area (Å²) in [7, 11) is 0. The second-order valence-electron chi connectivity index (χ2n) is 8.73. The molecule has 3 fully saturated rings. The van der Waals surface area contributed by atoms with E-state index in [0.29, 0.717) is 6.54 Å². The van der Waals surface area contributed by atoms with Crippen molar-refractivity contribution in [3.8, 4) is 0 Å². The number of rotatable bonds is 3. The van der Waals surface area contributed by atoms with Crippen molar-refractivity contribution in [2.45, 2.75) is 63.7 Å². The molecule has 0 N–H and O–H groups in total. The second kappa shape index (κ2) is 6.66. The summed E-state index contributed by atoms with van der Waals surface area (Å²) in [5.41, 5.74) is 2.01. The predicted molar refractivity (Wildman–Crippen MR) is 104 cm³/mol. The molecule has 2 bridgehead atoms. The van der Waals surface area contributed by atoms with Gasteiger partial charge >= 0.3 is 0 Å². The van der Waals surface area contributed by atoms with Crippen molar-refractivity contribution < 1.29 is 14.4 Å². The van der Waals surface area contributed by atoms with Gasteiger partial charge in [0.25, 0.3) is 0 Å². The zero-order valence-corrected chi connectivity index (χ0v) is 16.2. The Hall–Kier alpha value is -2.27. The molecule has 28 heavy (non-hydrogen) atoms. The van der Waals surface area contributed by atoms with Gasteiger partial charge in [0.2, 0.25) is 11.8 Å². The molecule has 4 atom stereocenters. The van der Waals surface area contributed by atoms with Gasteiger partial charge in [0.1, 0.15) is 0 Å². The van der Waals surface area contributed by atoms with Crippen molar-refractivity contribution in [1.82, 2.24) is 9.80 Å². The lowest BCUT2D eigenvalue weighted by Gasteiger charge is -2.37. The molecule has 1 saturated carbocycles. The molecule has 146 valence electrons. The van der Waals surface area contributed by atoms with Crippen LogP contribution in [0.1, 0.15) is 44.6 Å². The van der Waals surface area contributed by atoms with E-state index in [0.717, 1.165) is 36.8 Å². The Labute approximate surface area is 165 Å². The molecular weight excluding hydrogens is 352 g/mol. The normalized spacial score (nSPS) is 33.4. The molecule has 5 nitrogen and oxygen atoms in total. The Morgan fingerprint density at radius 2 is 1.54 bits per heavy atom. The number of imide groups is 1. The molecule has 0 unspecified atom stereocenters. The van der Waals surface area contributed by atoms with Crippen molar-refractivity contribution in [2.24, 2.45) is 11.8 Å². The first-order valence-corrected chi connectivity index (χ1v) is 10.5. The summed E-state index contributed by atoms with van der Waals surface area (Å²) in [4.78, 5) is 43.4. The maximum atomic E-state index is 13.4. The molecule has 0 aromatic heterocycles. The van der Waals surface area contributed by atoms with Crippen LogP contribution < -0.4 is 0 Å². The minimum atomic E-state index is -0.524. The standard InChI is InChI=1S/C23H26N2O3/c1-14-12-17(26)21-19-18(20(14)24(21)13-15-8-4-2-5-9-15)22(27)25(23(19)28)16-10-6-3-7-11-16/h2,4-5,8-9,12,16,18-21H,3,6-7,10-11,13H2,1H3/t18-,19+,20-,21+/m0/s1. The zero-order chi connectivity index (χ0) is 19.4. The Morgan fingerprint density at radius 3 is 2.21 bits per heavy atom. The molecule has 5 heteroatoms. The van der Waals surface area contributed by atoms with E-state index in [1.807, 2.05) is 37.3 Å². The highest BCUT2D eigenvalue weighted by Crippen LogP contribution is 2.49. The van der Waals surface area contributed by atoms with Gasteiger partial charge in [0, 0.05) is 18.6 Å². The minimum absolute atomic E-state index is 0.0242. The summed E-state index contributed by atoms with van der Waals surface area (Å²) in [6.07, 6.45) is 6.80. The molecule has 2 amide bonds. The lowest BCUT2D eigenvalue weighted by molar-refractivity contribution is -0.146. The molecule has 3 heterocycles. The Balaban J connectivity index is 1.50. The number of amides is 2. The molecule has 1 aromatic carbocycles. The van der Waals surface area contributed by atoms with Crippen molar-refractivity contribution >= 4 is 17.6 Å². The van der Waals surface area contributed by atoms with Crippen LogP contribution in [0, 0.1) is 11.8 Å². The summed E-state index contributed by atoms with van der Waals surface area (Å²) < 4.78 is 0. The summed E-state index contributed by atoms with van der Waals surface area (Å²) >= 11 is 0. The van der Waals surface area contributed by atoms with Gasteiger partial charge in [-0.15, -0.1) is 0 Å². The van der Waals surface area contributed by atoms with Gasteiger partial charge in [0.15, 0.2) is 5.78 Å². The molecule has 5 rings (SSSR count). The first kappa shape index (κ1) is 17.8. The third-order valence-electron chi connectivity index (χ3n) is 7.10. The van der Waals surface area contributed by atoms with Crippen LogP contribution in [-0.4, -0.2) is 45.5 Å². The summed E-state index contributed by atoms with van der Waals surface area (Å²) in [6, 6.07) is 9.36. The smallest absolute Gasteiger partial charge is 0.235 e. The molecule has 4 aliphatic rings. The minimum Gasteiger partial charge on any atom is -0.293 e. The molecule has 0 radical (unpaired) electrons. The maximum Gasteiger partial charge on any atom is 0.235 e. The number of nitrogens with zero attached hydrogens (tertiary/aromatic N) is 2. The van der Waals surface area contributed by atoms with E-state index in [2.05, 4.69) is 4.90 Å². The van der Waals surface area contributed by atoms with Gasteiger partial charge < -0.3 is 0 Å². The van der Waals surface area contributed by atoms with Crippen LogP contribution in [0.2, 0.25) is 0 Å². The summed E-state index contributed by atoms with van der Waals surface area (Å²) in [6.45, 7) is 2.52. The van der Waals surface area contributed by atoms with Crippen molar-refractivity contribution in [1.29, 1.82) is 0 Å². The predicted octanol–water partition coefficient (Wildman–Crippen LogP) is 2.70. The highest BCUT2D eigenvalue weighted by atomic mass is 16.2. The number of benzene rings is 1. The Bertz CT molecular complexity index is 856. The number of ketones is 1. The number of carbonyl (C=O) groups excluding carboxylic acids is 3. The van der Waals surface area contributed by atoms with E-state index in [9.17, 15) is 14.4 Å². The summed E-state index contributed by atoms with van der Waals surface area (Å²) in [5, 5.41) is 0. The number of carbonyl (C=O) groups is 3.